The Labute approximate surface area is 147 Å². The summed E-state index contributed by atoms with van der Waals surface area (Å²) < 4.78 is 11.8. The van der Waals surface area contributed by atoms with Gasteiger partial charge in [-0.15, -0.1) is 0 Å². The summed E-state index contributed by atoms with van der Waals surface area (Å²) in [7, 11) is 1.53. The fourth-order valence-electron chi connectivity index (χ4n) is 1.93. The molecule has 120 valence electrons. The summed E-state index contributed by atoms with van der Waals surface area (Å²) in [6.07, 6.45) is 2.55. The minimum atomic E-state index is -1.01. The van der Waals surface area contributed by atoms with Crippen LogP contribution in [0.4, 0.5) is 0 Å². The second-order valence-electron chi connectivity index (χ2n) is 4.62. The van der Waals surface area contributed by atoms with E-state index in [0.29, 0.717) is 33.2 Å². The fraction of sp³-hybridized carbons (Fsp3) is 0.118. The van der Waals surface area contributed by atoms with E-state index < -0.39 is 5.97 Å². The molecular weight excluding hydrogens is 384 g/mol. The Morgan fingerprint density at radius 1 is 1.35 bits per heavy atom. The minimum Gasteiger partial charge on any atom is -0.493 e. The summed E-state index contributed by atoms with van der Waals surface area (Å²) in [4.78, 5) is 10.6. The van der Waals surface area contributed by atoms with Gasteiger partial charge in [-0.25, -0.2) is 4.79 Å². The van der Waals surface area contributed by atoms with Gasteiger partial charge in [0, 0.05) is 11.1 Å². The number of carboxylic acids is 1. The number of hydrogen-bond donors (Lipinski definition) is 1. The second-order valence-corrected chi connectivity index (χ2v) is 5.92. The Kier molecular flexibility index (Phi) is 6.07. The standard InChI is InChI=1S/C17H14BrClO4/c1-22-15-9-11(5-6-16(20)21)8-14(18)17(15)23-10-12-3-2-4-13(19)7-12/h2-9H,10H2,1H3,(H,20,21)/b6-5+. The number of aliphatic carboxylic acids is 1. The highest BCUT2D eigenvalue weighted by atomic mass is 79.9. The zero-order valence-electron chi connectivity index (χ0n) is 12.3. The highest BCUT2D eigenvalue weighted by Crippen LogP contribution is 2.37. The van der Waals surface area contributed by atoms with E-state index in [1.54, 1.807) is 18.2 Å². The van der Waals surface area contributed by atoms with Crippen molar-refractivity contribution in [2.24, 2.45) is 0 Å². The van der Waals surface area contributed by atoms with Crippen molar-refractivity contribution in [2.45, 2.75) is 6.61 Å². The lowest BCUT2D eigenvalue weighted by molar-refractivity contribution is -0.131. The predicted molar refractivity (Wildman–Crippen MR) is 93.1 cm³/mol. The SMILES string of the molecule is COc1cc(/C=C/C(=O)O)cc(Br)c1OCc1cccc(Cl)c1. The largest absolute Gasteiger partial charge is 0.493 e. The third-order valence-electron chi connectivity index (χ3n) is 2.94. The van der Waals surface area contributed by atoms with Crippen LogP contribution in [0.1, 0.15) is 11.1 Å². The molecule has 6 heteroatoms. The quantitative estimate of drug-likeness (QED) is 0.712. The molecule has 2 aromatic rings. The van der Waals surface area contributed by atoms with Gasteiger partial charge in [0.15, 0.2) is 11.5 Å². The van der Waals surface area contributed by atoms with Crippen molar-refractivity contribution in [1.29, 1.82) is 0 Å². The van der Waals surface area contributed by atoms with E-state index in [9.17, 15) is 4.79 Å². The molecule has 1 N–H and O–H groups in total. The van der Waals surface area contributed by atoms with Crippen LogP contribution in [0.25, 0.3) is 6.08 Å². The van der Waals surface area contributed by atoms with Crippen molar-refractivity contribution < 1.29 is 19.4 Å². The summed E-state index contributed by atoms with van der Waals surface area (Å²) in [5, 5.41) is 9.34. The maximum absolute atomic E-state index is 10.6. The number of rotatable bonds is 6. The highest BCUT2D eigenvalue weighted by Gasteiger charge is 2.11. The van der Waals surface area contributed by atoms with E-state index in [4.69, 9.17) is 26.2 Å². The monoisotopic (exact) mass is 396 g/mol. The van der Waals surface area contributed by atoms with Gasteiger partial charge in [-0.1, -0.05) is 23.7 Å². The number of methoxy groups -OCH3 is 1. The third kappa shape index (κ3) is 5.01. The number of benzene rings is 2. The molecule has 23 heavy (non-hydrogen) atoms. The van der Waals surface area contributed by atoms with Crippen molar-refractivity contribution in [3.05, 3.63) is 63.1 Å². The lowest BCUT2D eigenvalue weighted by Gasteiger charge is -2.13. The van der Waals surface area contributed by atoms with Crippen LogP contribution in [0.2, 0.25) is 5.02 Å². The van der Waals surface area contributed by atoms with Gasteiger partial charge in [0.1, 0.15) is 6.61 Å². The molecule has 0 aromatic heterocycles. The van der Waals surface area contributed by atoms with Gasteiger partial charge in [0.25, 0.3) is 0 Å². The Morgan fingerprint density at radius 3 is 2.78 bits per heavy atom. The first-order chi connectivity index (χ1) is 11.0. The van der Waals surface area contributed by atoms with Gasteiger partial charge in [-0.05, 0) is 57.4 Å². The molecule has 0 aliphatic rings. The fourth-order valence-corrected chi connectivity index (χ4v) is 2.71. The van der Waals surface area contributed by atoms with Crippen molar-refractivity contribution in [1.82, 2.24) is 0 Å². The number of ether oxygens (including phenoxy) is 2. The van der Waals surface area contributed by atoms with E-state index in [2.05, 4.69) is 15.9 Å². The van der Waals surface area contributed by atoms with Crippen LogP contribution in [0.15, 0.2) is 46.9 Å². The molecule has 0 aliphatic heterocycles. The molecule has 2 aromatic carbocycles. The molecule has 0 amide bonds. The molecule has 0 fully saturated rings. The summed E-state index contributed by atoms with van der Waals surface area (Å²) in [6.45, 7) is 0.333. The first kappa shape index (κ1) is 17.4. The van der Waals surface area contributed by atoms with Gasteiger partial charge in [0.2, 0.25) is 0 Å². The number of hydrogen-bond acceptors (Lipinski definition) is 3. The molecule has 0 heterocycles. The normalized spacial score (nSPS) is 10.7. The Balaban J connectivity index is 2.22. The van der Waals surface area contributed by atoms with Crippen LogP contribution in [-0.4, -0.2) is 18.2 Å². The van der Waals surface area contributed by atoms with Crippen LogP contribution >= 0.6 is 27.5 Å². The van der Waals surface area contributed by atoms with Crippen molar-refractivity contribution in [3.8, 4) is 11.5 Å². The topological polar surface area (TPSA) is 55.8 Å². The van der Waals surface area contributed by atoms with Crippen LogP contribution < -0.4 is 9.47 Å². The maximum atomic E-state index is 10.6. The molecule has 2 rings (SSSR count). The second kappa shape index (κ2) is 8.04. The Bertz CT molecular complexity index is 743. The zero-order valence-corrected chi connectivity index (χ0v) is 14.6. The first-order valence-electron chi connectivity index (χ1n) is 6.65. The van der Waals surface area contributed by atoms with E-state index in [-0.39, 0.29) is 0 Å². The molecule has 0 radical (unpaired) electrons. The Morgan fingerprint density at radius 2 is 2.13 bits per heavy atom. The maximum Gasteiger partial charge on any atom is 0.328 e. The zero-order chi connectivity index (χ0) is 16.8. The van der Waals surface area contributed by atoms with Crippen LogP contribution in [0.5, 0.6) is 11.5 Å². The van der Waals surface area contributed by atoms with Gasteiger partial charge in [-0.3, -0.25) is 0 Å². The van der Waals surface area contributed by atoms with Gasteiger partial charge < -0.3 is 14.6 Å². The molecule has 0 saturated heterocycles. The number of halogens is 2. The number of carboxylic acid groups (broad SMARTS) is 1. The molecule has 0 saturated carbocycles. The van der Waals surface area contributed by atoms with Crippen LogP contribution in [0.3, 0.4) is 0 Å². The lowest BCUT2D eigenvalue weighted by atomic mass is 10.2. The summed E-state index contributed by atoms with van der Waals surface area (Å²) in [6, 6.07) is 10.9. The number of carbonyl (C=O) groups is 1. The van der Waals surface area contributed by atoms with Gasteiger partial charge in [-0.2, -0.15) is 0 Å². The third-order valence-corrected chi connectivity index (χ3v) is 3.77. The lowest BCUT2D eigenvalue weighted by Crippen LogP contribution is -1.99. The average Bonchev–Trinajstić information content (AvgIpc) is 2.51. The molecule has 0 atom stereocenters. The molecule has 4 nitrogen and oxygen atoms in total. The van der Waals surface area contributed by atoms with Crippen molar-refractivity contribution >= 4 is 39.6 Å². The van der Waals surface area contributed by atoms with E-state index in [1.165, 1.54) is 13.2 Å². The van der Waals surface area contributed by atoms with Crippen molar-refractivity contribution in [3.63, 3.8) is 0 Å². The van der Waals surface area contributed by atoms with Crippen LogP contribution in [-0.2, 0) is 11.4 Å². The van der Waals surface area contributed by atoms with Crippen molar-refractivity contribution in [2.75, 3.05) is 7.11 Å². The smallest absolute Gasteiger partial charge is 0.328 e. The van der Waals surface area contributed by atoms with E-state index >= 15 is 0 Å². The molecular formula is C17H14BrClO4. The molecule has 0 unspecified atom stereocenters. The highest BCUT2D eigenvalue weighted by molar-refractivity contribution is 9.10. The summed E-state index contributed by atoms with van der Waals surface area (Å²) in [5.74, 6) is 0.0350. The first-order valence-corrected chi connectivity index (χ1v) is 7.82. The summed E-state index contributed by atoms with van der Waals surface area (Å²) >= 11 is 9.37. The van der Waals surface area contributed by atoms with Gasteiger partial charge in [0.05, 0.1) is 11.6 Å². The summed E-state index contributed by atoms with van der Waals surface area (Å²) in [5.41, 5.74) is 1.62. The van der Waals surface area contributed by atoms with E-state index in [0.717, 1.165) is 11.6 Å². The minimum absolute atomic E-state index is 0.333. The molecule has 0 aliphatic carbocycles. The van der Waals surface area contributed by atoms with E-state index in [1.807, 2.05) is 18.2 Å². The van der Waals surface area contributed by atoms with Crippen LogP contribution in [0, 0.1) is 0 Å². The Hall–Kier alpha value is -1.98. The molecule has 0 spiro atoms. The van der Waals surface area contributed by atoms with Gasteiger partial charge >= 0.3 is 5.97 Å². The predicted octanol–water partition coefficient (Wildman–Crippen LogP) is 4.79. The molecule has 0 bridgehead atoms. The average molecular weight is 398 g/mol.